The van der Waals surface area contributed by atoms with E-state index in [1.807, 2.05) is 0 Å². The highest BCUT2D eigenvalue weighted by atomic mass is 79.9. The lowest BCUT2D eigenvalue weighted by Crippen LogP contribution is -2.42. The number of hydrogen-bond acceptors (Lipinski definition) is 2. The van der Waals surface area contributed by atoms with Gasteiger partial charge in [0.05, 0.1) is 6.61 Å². The Morgan fingerprint density at radius 2 is 2.11 bits per heavy atom. The van der Waals surface area contributed by atoms with Gasteiger partial charge in [0.2, 0.25) is 0 Å². The normalized spacial score (nSPS) is 31.3. The molecule has 1 aliphatic heterocycles. The molecule has 1 aliphatic carbocycles. The van der Waals surface area contributed by atoms with Gasteiger partial charge in [-0.2, -0.15) is 0 Å². The standard InChI is InChI=1S/C15H20BrNO/c16-15-4-2-1-3-14(15)12-7-13(8-12)17-9-11-5-6-18-10-11/h1-4,11-13,17H,5-10H2. The summed E-state index contributed by atoms with van der Waals surface area (Å²) in [7, 11) is 0. The first kappa shape index (κ1) is 12.6. The van der Waals surface area contributed by atoms with Crippen molar-refractivity contribution in [1.82, 2.24) is 5.32 Å². The SMILES string of the molecule is Brc1ccccc1C1CC(NCC2CCOC2)C1. The third-order valence-electron chi connectivity index (χ3n) is 4.20. The van der Waals surface area contributed by atoms with Crippen LogP contribution in [0.15, 0.2) is 28.7 Å². The largest absolute Gasteiger partial charge is 0.381 e. The minimum Gasteiger partial charge on any atom is -0.381 e. The van der Waals surface area contributed by atoms with Crippen LogP contribution in [-0.2, 0) is 4.74 Å². The first-order valence-corrected chi connectivity index (χ1v) is 7.68. The highest BCUT2D eigenvalue weighted by Gasteiger charge is 2.31. The second-order valence-electron chi connectivity index (χ2n) is 5.52. The van der Waals surface area contributed by atoms with E-state index in [1.165, 1.54) is 29.3 Å². The van der Waals surface area contributed by atoms with E-state index in [2.05, 4.69) is 45.5 Å². The summed E-state index contributed by atoms with van der Waals surface area (Å²) < 4.78 is 6.66. The van der Waals surface area contributed by atoms with Crippen LogP contribution in [0.5, 0.6) is 0 Å². The van der Waals surface area contributed by atoms with E-state index in [0.717, 1.165) is 31.6 Å². The van der Waals surface area contributed by atoms with Crippen molar-refractivity contribution in [3.05, 3.63) is 34.3 Å². The lowest BCUT2D eigenvalue weighted by Gasteiger charge is -2.37. The van der Waals surface area contributed by atoms with Crippen molar-refractivity contribution in [1.29, 1.82) is 0 Å². The second kappa shape index (κ2) is 5.72. The molecular weight excluding hydrogens is 290 g/mol. The zero-order valence-electron chi connectivity index (χ0n) is 10.6. The zero-order valence-corrected chi connectivity index (χ0v) is 12.2. The molecule has 18 heavy (non-hydrogen) atoms. The van der Waals surface area contributed by atoms with E-state index in [4.69, 9.17) is 4.74 Å². The molecule has 0 amide bonds. The summed E-state index contributed by atoms with van der Waals surface area (Å²) in [6.07, 6.45) is 3.78. The molecule has 2 fully saturated rings. The summed E-state index contributed by atoms with van der Waals surface area (Å²) in [4.78, 5) is 0. The molecule has 2 aliphatic rings. The molecule has 1 saturated carbocycles. The van der Waals surface area contributed by atoms with Gasteiger partial charge in [-0.15, -0.1) is 0 Å². The molecular formula is C15H20BrNO. The Morgan fingerprint density at radius 3 is 2.83 bits per heavy atom. The lowest BCUT2D eigenvalue weighted by molar-refractivity contribution is 0.182. The molecule has 1 unspecified atom stereocenters. The van der Waals surface area contributed by atoms with Gasteiger partial charge in [-0.3, -0.25) is 0 Å². The number of ether oxygens (including phenoxy) is 1. The van der Waals surface area contributed by atoms with Crippen LogP contribution >= 0.6 is 15.9 Å². The predicted octanol–water partition coefficient (Wildman–Crippen LogP) is 3.32. The van der Waals surface area contributed by atoms with E-state index in [1.54, 1.807) is 0 Å². The van der Waals surface area contributed by atoms with Crippen LogP contribution in [0.25, 0.3) is 0 Å². The number of benzene rings is 1. The van der Waals surface area contributed by atoms with E-state index < -0.39 is 0 Å². The first-order chi connectivity index (χ1) is 8.83. The lowest BCUT2D eigenvalue weighted by atomic mass is 9.76. The molecule has 1 saturated heterocycles. The van der Waals surface area contributed by atoms with Crippen LogP contribution in [0.3, 0.4) is 0 Å². The van der Waals surface area contributed by atoms with Gasteiger partial charge >= 0.3 is 0 Å². The fourth-order valence-corrected chi connectivity index (χ4v) is 3.53. The van der Waals surface area contributed by atoms with Gasteiger partial charge in [-0.05, 0) is 42.7 Å². The Kier molecular flexibility index (Phi) is 4.02. The predicted molar refractivity (Wildman–Crippen MR) is 76.8 cm³/mol. The summed E-state index contributed by atoms with van der Waals surface area (Å²) in [5.74, 6) is 1.48. The van der Waals surface area contributed by atoms with Gasteiger partial charge in [0.15, 0.2) is 0 Å². The van der Waals surface area contributed by atoms with Gasteiger partial charge in [-0.25, -0.2) is 0 Å². The Balaban J connectivity index is 1.44. The number of rotatable bonds is 4. The topological polar surface area (TPSA) is 21.3 Å². The average Bonchev–Trinajstić information content (AvgIpc) is 2.82. The van der Waals surface area contributed by atoms with Crippen molar-refractivity contribution in [2.75, 3.05) is 19.8 Å². The smallest absolute Gasteiger partial charge is 0.0507 e. The van der Waals surface area contributed by atoms with Crippen molar-refractivity contribution in [2.24, 2.45) is 5.92 Å². The third-order valence-corrected chi connectivity index (χ3v) is 4.92. The molecule has 1 heterocycles. The second-order valence-corrected chi connectivity index (χ2v) is 6.38. The molecule has 1 aromatic rings. The van der Waals surface area contributed by atoms with Crippen LogP contribution in [-0.4, -0.2) is 25.8 Å². The Morgan fingerprint density at radius 1 is 1.28 bits per heavy atom. The molecule has 3 rings (SSSR count). The molecule has 3 heteroatoms. The maximum Gasteiger partial charge on any atom is 0.0507 e. The van der Waals surface area contributed by atoms with Crippen LogP contribution in [0, 0.1) is 5.92 Å². The number of halogens is 1. The molecule has 98 valence electrons. The van der Waals surface area contributed by atoms with Gasteiger partial charge in [-0.1, -0.05) is 34.1 Å². The zero-order chi connectivity index (χ0) is 12.4. The number of hydrogen-bond donors (Lipinski definition) is 1. The summed E-state index contributed by atoms with van der Waals surface area (Å²) in [6.45, 7) is 3.04. The summed E-state index contributed by atoms with van der Waals surface area (Å²) >= 11 is 3.65. The highest BCUT2D eigenvalue weighted by molar-refractivity contribution is 9.10. The molecule has 1 atom stereocenters. The molecule has 1 N–H and O–H groups in total. The van der Waals surface area contributed by atoms with Crippen LogP contribution in [0.2, 0.25) is 0 Å². The van der Waals surface area contributed by atoms with Crippen LogP contribution < -0.4 is 5.32 Å². The van der Waals surface area contributed by atoms with E-state index in [-0.39, 0.29) is 0 Å². The summed E-state index contributed by atoms with van der Waals surface area (Å²) in [5.41, 5.74) is 1.47. The van der Waals surface area contributed by atoms with E-state index >= 15 is 0 Å². The van der Waals surface area contributed by atoms with E-state index in [0.29, 0.717) is 6.04 Å². The average molecular weight is 310 g/mol. The maximum atomic E-state index is 5.40. The molecule has 0 aromatic heterocycles. The van der Waals surface area contributed by atoms with Gasteiger partial charge in [0.1, 0.15) is 0 Å². The summed E-state index contributed by atoms with van der Waals surface area (Å²) in [6, 6.07) is 9.32. The Hall–Kier alpha value is -0.380. The Labute approximate surface area is 117 Å². The molecule has 1 aromatic carbocycles. The van der Waals surface area contributed by atoms with Crippen molar-refractivity contribution >= 4 is 15.9 Å². The van der Waals surface area contributed by atoms with E-state index in [9.17, 15) is 0 Å². The highest BCUT2D eigenvalue weighted by Crippen LogP contribution is 2.40. The monoisotopic (exact) mass is 309 g/mol. The maximum absolute atomic E-state index is 5.40. The van der Waals surface area contributed by atoms with Crippen molar-refractivity contribution < 1.29 is 4.74 Å². The Bertz CT molecular complexity index is 397. The molecule has 0 radical (unpaired) electrons. The molecule has 0 bridgehead atoms. The fourth-order valence-electron chi connectivity index (χ4n) is 2.92. The molecule has 0 spiro atoms. The minimum absolute atomic E-state index is 0.711. The van der Waals surface area contributed by atoms with Crippen LogP contribution in [0.1, 0.15) is 30.7 Å². The first-order valence-electron chi connectivity index (χ1n) is 6.88. The summed E-state index contributed by atoms with van der Waals surface area (Å²) in [5, 5.41) is 3.68. The van der Waals surface area contributed by atoms with Crippen molar-refractivity contribution in [3.63, 3.8) is 0 Å². The minimum atomic E-state index is 0.711. The van der Waals surface area contributed by atoms with Gasteiger partial charge in [0.25, 0.3) is 0 Å². The van der Waals surface area contributed by atoms with Gasteiger partial charge in [0, 0.05) is 23.7 Å². The third kappa shape index (κ3) is 2.79. The molecule has 2 nitrogen and oxygen atoms in total. The van der Waals surface area contributed by atoms with Gasteiger partial charge < -0.3 is 10.1 Å². The number of nitrogens with one attached hydrogen (secondary N) is 1. The fraction of sp³-hybridized carbons (Fsp3) is 0.600. The van der Waals surface area contributed by atoms with Crippen LogP contribution in [0.4, 0.5) is 0 Å². The quantitative estimate of drug-likeness (QED) is 0.921. The van der Waals surface area contributed by atoms with Crippen molar-refractivity contribution in [2.45, 2.75) is 31.2 Å². The van der Waals surface area contributed by atoms with Crippen molar-refractivity contribution in [3.8, 4) is 0 Å².